The molecule has 0 aliphatic heterocycles. The summed E-state index contributed by atoms with van der Waals surface area (Å²) in [5.74, 6) is 0.361. The van der Waals surface area contributed by atoms with E-state index in [1.54, 1.807) is 12.4 Å². The Morgan fingerprint density at radius 3 is 2.25 bits per heavy atom. The molecular weight excluding hydrogens is 190 g/mol. The van der Waals surface area contributed by atoms with Crippen LogP contribution < -0.4 is 14.0 Å². The third kappa shape index (κ3) is 8.83. The summed E-state index contributed by atoms with van der Waals surface area (Å²) >= 11 is 0. The summed E-state index contributed by atoms with van der Waals surface area (Å²) in [4.78, 5) is 6.23. The van der Waals surface area contributed by atoms with E-state index in [-0.39, 0.29) is 0 Å². The van der Waals surface area contributed by atoms with Gasteiger partial charge in [-0.25, -0.2) is 4.98 Å². The van der Waals surface area contributed by atoms with Gasteiger partial charge in [-0.05, 0) is 0 Å². The Kier molecular flexibility index (Phi) is 4.20. The minimum absolute atomic E-state index is 0.361. The molecule has 0 unspecified atom stereocenters. The van der Waals surface area contributed by atoms with Crippen LogP contribution in [0, 0.1) is 21.6 Å². The van der Waals surface area contributed by atoms with Crippen LogP contribution in [-0.2, 0) is 0 Å². The second kappa shape index (κ2) is 4.66. The summed E-state index contributed by atoms with van der Waals surface area (Å²) in [7, 11) is -4.69. The highest BCUT2D eigenvalue weighted by Gasteiger charge is 1.98. The van der Waals surface area contributed by atoms with Gasteiger partial charge in [-0.3, -0.25) is 0 Å². The number of hydrogen-bond donors (Lipinski definition) is 2. The van der Waals surface area contributed by atoms with E-state index in [9.17, 15) is 0 Å². The molecule has 0 aliphatic carbocycles. The zero-order chi connectivity index (χ0) is 9.61. The van der Waals surface area contributed by atoms with Gasteiger partial charge in [-0.1, -0.05) is 0 Å². The number of aromatic amines is 1. The Bertz CT molecular complexity index is 242. The van der Waals surface area contributed by atoms with Gasteiger partial charge < -0.3 is 4.98 Å². The Labute approximate surface area is 69.3 Å². The Balaban J connectivity index is 0.000000217. The van der Waals surface area contributed by atoms with Crippen LogP contribution in [-0.4, -0.2) is 14.6 Å². The fraction of sp³-hybridized carbons (Fsp3) is 0. The molecule has 0 radical (unpaired) electrons. The van der Waals surface area contributed by atoms with Crippen LogP contribution in [0.1, 0.15) is 5.82 Å². The number of imidazole rings is 1. The van der Waals surface area contributed by atoms with E-state index < -0.39 is 10.2 Å². The van der Waals surface area contributed by atoms with Crippen molar-refractivity contribution >= 4 is 0 Å². The van der Waals surface area contributed by atoms with E-state index in [0.717, 1.165) is 0 Å². The van der Waals surface area contributed by atoms with Crippen molar-refractivity contribution in [1.82, 2.24) is 9.97 Å². The van der Waals surface area contributed by atoms with Crippen molar-refractivity contribution in [3.8, 4) is 6.07 Å². The summed E-state index contributed by atoms with van der Waals surface area (Å²) in [6.07, 6.45) is 3.15. The predicted octanol–water partition coefficient (Wildman–Crippen LogP) is -3.84. The number of halogens is 1. The monoisotopic (exact) mass is 193 g/mol. The van der Waals surface area contributed by atoms with Gasteiger partial charge >= 0.3 is 0 Å². The molecule has 12 heavy (non-hydrogen) atoms. The normalized spacial score (nSPS) is 9.58. The van der Waals surface area contributed by atoms with Gasteiger partial charge in [-0.15, -0.1) is 0 Å². The number of nitriles is 1. The standard InChI is InChI=1S/C4H3N3.ClHO4/c5-3-4-6-1-2-7-4;2-1(3,4)5/h1-2H,(H,6,7);(H,2,3,4,5). The lowest BCUT2D eigenvalue weighted by Crippen LogP contribution is -2.58. The molecule has 0 spiro atoms. The second-order valence-corrected chi connectivity index (χ2v) is 2.24. The van der Waals surface area contributed by atoms with Crippen LogP contribution in [0.25, 0.3) is 0 Å². The Morgan fingerprint density at radius 2 is 2.08 bits per heavy atom. The maximum absolute atomic E-state index is 8.60. The van der Waals surface area contributed by atoms with E-state index in [4.69, 9.17) is 23.9 Å². The Hall–Kier alpha value is -1.17. The molecule has 2 N–H and O–H groups in total. The third-order valence-electron chi connectivity index (χ3n) is 0.604. The van der Waals surface area contributed by atoms with E-state index in [1.807, 2.05) is 6.07 Å². The smallest absolute Gasteiger partial charge is 0.210 e. The van der Waals surface area contributed by atoms with Gasteiger partial charge in [-0.2, -0.15) is 19.2 Å². The molecule has 1 aromatic rings. The number of nitrogens with one attached hydrogen (secondary N) is 1. The lowest BCUT2D eigenvalue weighted by atomic mass is 10.7. The minimum atomic E-state index is -4.69. The molecule has 0 aliphatic rings. The molecule has 0 saturated carbocycles. The molecule has 0 amide bonds. The van der Waals surface area contributed by atoms with Gasteiger partial charge in [0.25, 0.3) is 0 Å². The van der Waals surface area contributed by atoms with Gasteiger partial charge in [0.05, 0.1) is 14.9 Å². The second-order valence-electron chi connectivity index (χ2n) is 1.45. The fourth-order valence-corrected chi connectivity index (χ4v) is 0.326. The highest BCUT2D eigenvalue weighted by atomic mass is 35.7. The molecule has 0 atom stereocenters. The average molecular weight is 194 g/mol. The van der Waals surface area contributed by atoms with Crippen molar-refractivity contribution in [2.24, 2.45) is 0 Å². The van der Waals surface area contributed by atoms with Crippen LogP contribution in [0.2, 0.25) is 0 Å². The lowest BCUT2D eigenvalue weighted by molar-refractivity contribution is -1.92. The maximum atomic E-state index is 8.60. The number of hydrogen-bond acceptors (Lipinski definition) is 6. The molecule has 0 aromatic carbocycles. The van der Waals surface area contributed by atoms with E-state index in [0.29, 0.717) is 5.82 Å². The molecule has 8 heteroatoms. The summed E-state index contributed by atoms with van der Waals surface area (Å²) in [5.41, 5.74) is 0. The molecule has 66 valence electrons. The summed E-state index contributed by atoms with van der Waals surface area (Å²) in [6.45, 7) is 0. The highest BCUT2D eigenvalue weighted by molar-refractivity contribution is 5.07. The van der Waals surface area contributed by atoms with Gasteiger partial charge in [0.1, 0.15) is 6.07 Å². The first-order valence-corrected chi connectivity index (χ1v) is 3.72. The van der Waals surface area contributed by atoms with Crippen molar-refractivity contribution in [3.63, 3.8) is 0 Å². The van der Waals surface area contributed by atoms with E-state index in [2.05, 4.69) is 9.97 Å². The van der Waals surface area contributed by atoms with Crippen LogP contribution in [0.4, 0.5) is 0 Å². The van der Waals surface area contributed by atoms with Crippen molar-refractivity contribution in [1.29, 1.82) is 5.26 Å². The SMILES string of the molecule is N#Cc1ncc[nH]1.[O-][Cl+3]([O-])([O-])O. The zero-order valence-electron chi connectivity index (χ0n) is 5.60. The lowest BCUT2D eigenvalue weighted by Gasteiger charge is -2.03. The predicted molar refractivity (Wildman–Crippen MR) is 25.5 cm³/mol. The van der Waals surface area contributed by atoms with Gasteiger partial charge in [0.2, 0.25) is 5.82 Å². The summed E-state index contributed by atoms with van der Waals surface area (Å²) in [5, 5.41) is 8.08. The number of rotatable bonds is 0. The largest absolute Gasteiger partial charge is 0.336 e. The van der Waals surface area contributed by atoms with Gasteiger partial charge in [0.15, 0.2) is 0 Å². The minimum Gasteiger partial charge on any atom is -0.336 e. The number of nitrogens with zero attached hydrogens (tertiary/aromatic N) is 2. The molecule has 0 bridgehead atoms. The van der Waals surface area contributed by atoms with Crippen molar-refractivity contribution in [2.75, 3.05) is 0 Å². The highest BCUT2D eigenvalue weighted by Crippen LogP contribution is 1.79. The van der Waals surface area contributed by atoms with Crippen LogP contribution in [0.3, 0.4) is 0 Å². The van der Waals surface area contributed by atoms with Crippen LogP contribution >= 0.6 is 0 Å². The molecule has 0 fully saturated rings. The molecular formula is C4H4ClN3O4. The molecule has 1 rings (SSSR count). The topological polar surface area (TPSA) is 142 Å². The maximum Gasteiger partial charge on any atom is 0.210 e. The van der Waals surface area contributed by atoms with Crippen molar-refractivity contribution in [2.45, 2.75) is 0 Å². The summed E-state index contributed by atoms with van der Waals surface area (Å²) < 4.78 is 32.7. The van der Waals surface area contributed by atoms with Crippen molar-refractivity contribution in [3.05, 3.63) is 18.2 Å². The van der Waals surface area contributed by atoms with Gasteiger partial charge in [0, 0.05) is 12.4 Å². The molecule has 1 aromatic heterocycles. The first kappa shape index (κ1) is 10.8. The first-order valence-electron chi connectivity index (χ1n) is 2.46. The number of H-pyrrole nitrogens is 1. The van der Waals surface area contributed by atoms with Crippen LogP contribution in [0.15, 0.2) is 12.4 Å². The number of aromatic nitrogens is 2. The van der Waals surface area contributed by atoms with E-state index in [1.165, 1.54) is 0 Å². The van der Waals surface area contributed by atoms with E-state index >= 15 is 0 Å². The molecule has 1 heterocycles. The summed E-state index contributed by atoms with van der Waals surface area (Å²) in [6, 6.07) is 1.84. The molecule has 7 nitrogen and oxygen atoms in total. The van der Waals surface area contributed by atoms with Crippen molar-refractivity contribution < 1.29 is 28.9 Å². The molecule has 0 saturated heterocycles. The average Bonchev–Trinajstić information content (AvgIpc) is 2.33. The first-order chi connectivity index (χ1) is 5.43. The zero-order valence-corrected chi connectivity index (χ0v) is 6.35. The quantitative estimate of drug-likeness (QED) is 0.432. The van der Waals surface area contributed by atoms with Crippen LogP contribution in [0.5, 0.6) is 0 Å². The Morgan fingerprint density at radius 1 is 1.58 bits per heavy atom. The third-order valence-corrected chi connectivity index (χ3v) is 0.604. The fourth-order valence-electron chi connectivity index (χ4n) is 0.326.